The molecule has 2 aromatic rings. The maximum atomic E-state index is 12.9. The van der Waals surface area contributed by atoms with Gasteiger partial charge >= 0.3 is 0 Å². The third-order valence-electron chi connectivity index (χ3n) is 5.25. The number of aromatic nitrogens is 1. The van der Waals surface area contributed by atoms with Crippen LogP contribution in [0.15, 0.2) is 46.2 Å². The van der Waals surface area contributed by atoms with Crippen LogP contribution < -0.4 is 10.9 Å². The molecule has 0 spiro atoms. The van der Waals surface area contributed by atoms with Crippen molar-refractivity contribution >= 4 is 21.6 Å². The lowest BCUT2D eigenvalue weighted by atomic mass is 9.92. The maximum absolute atomic E-state index is 12.9. The van der Waals surface area contributed by atoms with E-state index in [1.165, 1.54) is 22.6 Å². The Hall–Kier alpha value is -2.45. The lowest BCUT2D eigenvalue weighted by Gasteiger charge is -2.21. The molecular weight excluding hydrogens is 414 g/mol. The van der Waals surface area contributed by atoms with E-state index in [2.05, 4.69) is 33.0 Å². The summed E-state index contributed by atoms with van der Waals surface area (Å²) in [5.41, 5.74) is 2.36. The van der Waals surface area contributed by atoms with E-state index in [1.54, 1.807) is 13.8 Å². The van der Waals surface area contributed by atoms with Crippen molar-refractivity contribution in [3.8, 4) is 0 Å². The highest BCUT2D eigenvalue weighted by Crippen LogP contribution is 2.32. The van der Waals surface area contributed by atoms with Crippen molar-refractivity contribution in [2.24, 2.45) is 0 Å². The van der Waals surface area contributed by atoms with Gasteiger partial charge in [0.25, 0.3) is 5.56 Å². The van der Waals surface area contributed by atoms with Crippen molar-refractivity contribution in [3.05, 3.63) is 58.0 Å². The minimum atomic E-state index is -3.73. The molecule has 2 rings (SSSR count). The molecule has 170 valence electrons. The molecule has 1 heterocycles. The molecule has 0 aliphatic carbocycles. The highest BCUT2D eigenvalue weighted by Gasteiger charge is 2.23. The topological polar surface area (TPSA) is 88.5 Å². The number of nitrogens with one attached hydrogen (secondary N) is 1. The van der Waals surface area contributed by atoms with E-state index in [0.717, 1.165) is 21.4 Å². The van der Waals surface area contributed by atoms with Crippen molar-refractivity contribution in [2.75, 3.05) is 18.4 Å². The van der Waals surface area contributed by atoms with Crippen LogP contribution in [0.5, 0.6) is 0 Å². The summed E-state index contributed by atoms with van der Waals surface area (Å²) in [6, 6.07) is 8.41. The average Bonchev–Trinajstić information content (AvgIpc) is 2.69. The molecule has 0 unspecified atom stereocenters. The van der Waals surface area contributed by atoms with Crippen molar-refractivity contribution in [2.45, 2.75) is 64.8 Å². The quantitative estimate of drug-likeness (QED) is 0.634. The first-order valence-electron chi connectivity index (χ1n) is 10.7. The number of pyridine rings is 1. The smallest absolute Gasteiger partial charge is 0.251 e. The summed E-state index contributed by atoms with van der Waals surface area (Å²) in [5.74, 6) is 0.0352. The number of benzene rings is 1. The molecular formula is C23H33N3O4S. The highest BCUT2D eigenvalue weighted by atomic mass is 32.2. The molecule has 0 saturated carbocycles. The number of hydrogen-bond acceptors (Lipinski definition) is 4. The number of para-hydroxylation sites is 1. The zero-order chi connectivity index (χ0) is 23.3. The number of rotatable bonds is 9. The van der Waals surface area contributed by atoms with Crippen molar-refractivity contribution in [3.63, 3.8) is 0 Å². The van der Waals surface area contributed by atoms with Gasteiger partial charge in [-0.1, -0.05) is 59.7 Å². The normalized spacial score (nSPS) is 12.0. The van der Waals surface area contributed by atoms with Gasteiger partial charge in [0, 0.05) is 31.0 Å². The van der Waals surface area contributed by atoms with Crippen LogP contribution in [0.4, 0.5) is 5.69 Å². The summed E-state index contributed by atoms with van der Waals surface area (Å²) >= 11 is 0. The second kappa shape index (κ2) is 10.2. The fraction of sp³-hybridized carbons (Fsp3) is 0.478. The lowest BCUT2D eigenvalue weighted by Crippen LogP contribution is -2.33. The van der Waals surface area contributed by atoms with Crippen molar-refractivity contribution in [1.29, 1.82) is 0 Å². The summed E-state index contributed by atoms with van der Waals surface area (Å²) in [6.45, 7) is 12.1. The first-order valence-corrected chi connectivity index (χ1v) is 12.1. The molecule has 1 aromatic heterocycles. The maximum Gasteiger partial charge on any atom is 0.251 e. The first-order chi connectivity index (χ1) is 14.5. The predicted octanol–water partition coefficient (Wildman–Crippen LogP) is 3.76. The molecule has 0 fully saturated rings. The van der Waals surface area contributed by atoms with Crippen LogP contribution >= 0.6 is 0 Å². The standard InChI is InChI=1S/C23H33N3O4S/c1-7-26(8-2)31(29,30)18-12-13-22(28)25(14-18)15-21(27)24-23-19(16(3)4)10-9-11-20(23)17(5)6/h9-14,16-17H,7-8,15H2,1-6H3,(H,24,27). The Morgan fingerprint density at radius 2 is 1.55 bits per heavy atom. The SMILES string of the molecule is CCN(CC)S(=O)(=O)c1ccc(=O)n(CC(=O)Nc2c(C(C)C)cccc2C(C)C)c1. The van der Waals surface area contributed by atoms with Gasteiger partial charge in [-0.05, 0) is 29.0 Å². The number of hydrogen-bond donors (Lipinski definition) is 1. The Balaban J connectivity index is 2.37. The summed E-state index contributed by atoms with van der Waals surface area (Å²) in [4.78, 5) is 25.2. The van der Waals surface area contributed by atoms with E-state index in [4.69, 9.17) is 0 Å². The van der Waals surface area contributed by atoms with Crippen LogP contribution in [-0.2, 0) is 21.4 Å². The number of amides is 1. The fourth-order valence-corrected chi connectivity index (χ4v) is 5.01. The molecule has 0 atom stereocenters. The Morgan fingerprint density at radius 3 is 2.03 bits per heavy atom. The summed E-state index contributed by atoms with van der Waals surface area (Å²) in [5, 5.41) is 2.96. The highest BCUT2D eigenvalue weighted by molar-refractivity contribution is 7.89. The largest absolute Gasteiger partial charge is 0.324 e. The monoisotopic (exact) mass is 447 g/mol. The summed E-state index contributed by atoms with van der Waals surface area (Å²) in [7, 11) is -3.73. The van der Waals surface area contributed by atoms with E-state index in [1.807, 2.05) is 18.2 Å². The zero-order valence-electron chi connectivity index (χ0n) is 19.2. The van der Waals surface area contributed by atoms with Gasteiger partial charge in [-0.15, -0.1) is 0 Å². The molecule has 0 radical (unpaired) electrons. The van der Waals surface area contributed by atoms with Gasteiger partial charge in [0.2, 0.25) is 15.9 Å². The van der Waals surface area contributed by atoms with Gasteiger partial charge in [0.05, 0.1) is 4.90 Å². The van der Waals surface area contributed by atoms with Crippen LogP contribution in [0.2, 0.25) is 0 Å². The van der Waals surface area contributed by atoms with Gasteiger partial charge in [0.15, 0.2) is 0 Å². The minimum Gasteiger partial charge on any atom is -0.324 e. The van der Waals surface area contributed by atoms with E-state index in [9.17, 15) is 18.0 Å². The van der Waals surface area contributed by atoms with Crippen LogP contribution in [0.25, 0.3) is 0 Å². The Labute approximate surface area is 185 Å². The van der Waals surface area contributed by atoms with Gasteiger partial charge in [-0.2, -0.15) is 4.31 Å². The zero-order valence-corrected chi connectivity index (χ0v) is 20.0. The molecule has 1 N–H and O–H groups in total. The second-order valence-electron chi connectivity index (χ2n) is 8.09. The number of sulfonamides is 1. The van der Waals surface area contributed by atoms with Crippen LogP contribution in [0.3, 0.4) is 0 Å². The molecule has 8 heteroatoms. The van der Waals surface area contributed by atoms with E-state index in [-0.39, 0.29) is 29.2 Å². The Kier molecular flexibility index (Phi) is 8.20. The molecule has 0 aliphatic rings. The van der Waals surface area contributed by atoms with Gasteiger partial charge < -0.3 is 9.88 Å². The average molecular weight is 448 g/mol. The Bertz CT molecular complexity index is 1060. The molecule has 1 amide bonds. The number of nitrogens with zero attached hydrogens (tertiary/aromatic N) is 2. The van der Waals surface area contributed by atoms with E-state index >= 15 is 0 Å². The number of anilines is 1. The minimum absolute atomic E-state index is 0.00551. The summed E-state index contributed by atoms with van der Waals surface area (Å²) in [6.07, 6.45) is 1.24. The van der Waals surface area contributed by atoms with Gasteiger partial charge in [-0.25, -0.2) is 8.42 Å². The fourth-order valence-electron chi connectivity index (χ4n) is 3.53. The third kappa shape index (κ3) is 5.62. The van der Waals surface area contributed by atoms with Crippen LogP contribution in [-0.4, -0.2) is 36.3 Å². The summed E-state index contributed by atoms with van der Waals surface area (Å²) < 4.78 is 28.0. The van der Waals surface area contributed by atoms with E-state index < -0.39 is 15.6 Å². The first kappa shape index (κ1) is 24.8. The van der Waals surface area contributed by atoms with Crippen molar-refractivity contribution in [1.82, 2.24) is 8.87 Å². The molecule has 0 bridgehead atoms. The van der Waals surface area contributed by atoms with Gasteiger partial charge in [0.1, 0.15) is 6.54 Å². The molecule has 0 aliphatic heterocycles. The van der Waals surface area contributed by atoms with Gasteiger partial charge in [-0.3, -0.25) is 9.59 Å². The van der Waals surface area contributed by atoms with Crippen LogP contribution in [0, 0.1) is 0 Å². The number of carbonyl (C=O) groups is 1. The van der Waals surface area contributed by atoms with Crippen LogP contribution in [0.1, 0.15) is 64.5 Å². The second-order valence-corrected chi connectivity index (χ2v) is 10.0. The Morgan fingerprint density at radius 1 is 1.00 bits per heavy atom. The van der Waals surface area contributed by atoms with Crippen molar-refractivity contribution < 1.29 is 13.2 Å². The predicted molar refractivity (Wildman–Crippen MR) is 124 cm³/mol. The molecule has 1 aromatic carbocycles. The molecule has 0 saturated heterocycles. The third-order valence-corrected chi connectivity index (χ3v) is 7.28. The van der Waals surface area contributed by atoms with E-state index in [0.29, 0.717) is 13.1 Å². The number of carbonyl (C=O) groups excluding carboxylic acids is 1. The molecule has 7 nitrogen and oxygen atoms in total. The lowest BCUT2D eigenvalue weighted by molar-refractivity contribution is -0.116. The molecule has 31 heavy (non-hydrogen) atoms.